The van der Waals surface area contributed by atoms with Gasteiger partial charge < -0.3 is 9.84 Å². The molecule has 3 aromatic carbocycles. The molecule has 0 aliphatic carbocycles. The molecule has 1 N–H and O–H groups in total. The molecule has 0 fully saturated rings. The van der Waals surface area contributed by atoms with E-state index in [4.69, 9.17) is 4.74 Å². The number of rotatable bonds is 5. The van der Waals surface area contributed by atoms with Gasteiger partial charge in [0.2, 0.25) is 0 Å². The van der Waals surface area contributed by atoms with Gasteiger partial charge in [-0.15, -0.1) is 0 Å². The maximum atomic E-state index is 13.4. The van der Waals surface area contributed by atoms with E-state index >= 15 is 0 Å². The molecule has 3 aromatic rings. The van der Waals surface area contributed by atoms with E-state index in [0.717, 1.165) is 16.4 Å². The lowest BCUT2D eigenvalue weighted by molar-refractivity contribution is -0.138. The molecule has 6 nitrogen and oxygen atoms in total. The molecule has 4 rings (SSSR count). The number of alkyl halides is 3. The number of carbonyl (C=O) groups is 1. The van der Waals surface area contributed by atoms with Crippen LogP contribution in [0.4, 0.5) is 18.9 Å². The summed E-state index contributed by atoms with van der Waals surface area (Å²) in [5, 5.41) is 9.68. The van der Waals surface area contributed by atoms with Crippen LogP contribution < -0.4 is 9.04 Å². The van der Waals surface area contributed by atoms with Crippen molar-refractivity contribution in [1.82, 2.24) is 0 Å². The quantitative estimate of drug-likeness (QED) is 0.581. The van der Waals surface area contributed by atoms with E-state index in [1.165, 1.54) is 49.6 Å². The molecule has 1 heterocycles. The van der Waals surface area contributed by atoms with E-state index in [1.807, 2.05) is 0 Å². The van der Waals surface area contributed by atoms with Crippen molar-refractivity contribution in [2.45, 2.75) is 23.5 Å². The highest BCUT2D eigenvalue weighted by atomic mass is 32.2. The molecule has 1 aliphatic heterocycles. The molecule has 0 amide bonds. The molecule has 1 atom stereocenters. The van der Waals surface area contributed by atoms with Gasteiger partial charge in [0.05, 0.1) is 23.3 Å². The smallest absolute Gasteiger partial charge is 0.416 e. The Kier molecular flexibility index (Phi) is 5.57. The van der Waals surface area contributed by atoms with Gasteiger partial charge in [-0.2, -0.15) is 13.2 Å². The van der Waals surface area contributed by atoms with Crippen molar-refractivity contribution in [3.63, 3.8) is 0 Å². The number of halogens is 3. The molecule has 10 heteroatoms. The van der Waals surface area contributed by atoms with Gasteiger partial charge in [-0.3, -0.25) is 4.31 Å². The Labute approximate surface area is 187 Å². The van der Waals surface area contributed by atoms with E-state index in [-0.39, 0.29) is 22.6 Å². The highest BCUT2D eigenvalue weighted by molar-refractivity contribution is 7.93. The van der Waals surface area contributed by atoms with Gasteiger partial charge in [0, 0.05) is 12.0 Å². The number of fused-ring (bicyclic) bond motifs is 1. The fourth-order valence-corrected chi connectivity index (χ4v) is 5.53. The standard InChI is InChI=1S/C23H18F3NO5S/c1-32-21-7-3-6-19-18(21)13-20(22(28)29)27(19)33(30,31)17-10-8-14(9-11-17)15-4-2-5-16(12-15)23(24,25)26/h2-12,20H,13H2,1H3,(H,28,29). The molecule has 172 valence electrons. The van der Waals surface area contributed by atoms with Crippen molar-refractivity contribution >= 4 is 21.7 Å². The Morgan fingerprint density at radius 2 is 1.70 bits per heavy atom. The summed E-state index contributed by atoms with van der Waals surface area (Å²) in [4.78, 5) is 11.7. The number of ether oxygens (including phenoxy) is 1. The minimum absolute atomic E-state index is 0.0593. The Hall–Kier alpha value is -3.53. The van der Waals surface area contributed by atoms with Crippen molar-refractivity contribution in [3.8, 4) is 16.9 Å². The third-order valence-electron chi connectivity index (χ3n) is 5.47. The number of carboxylic acids is 1. The summed E-state index contributed by atoms with van der Waals surface area (Å²) in [6, 6.07) is 13.3. The molecular weight excluding hydrogens is 459 g/mol. The Morgan fingerprint density at radius 1 is 1.03 bits per heavy atom. The van der Waals surface area contributed by atoms with E-state index in [0.29, 0.717) is 16.9 Å². The average molecular weight is 477 g/mol. The number of sulfonamides is 1. The topological polar surface area (TPSA) is 83.9 Å². The summed E-state index contributed by atoms with van der Waals surface area (Å²) >= 11 is 0. The van der Waals surface area contributed by atoms with Gasteiger partial charge in [0.1, 0.15) is 11.8 Å². The summed E-state index contributed by atoms with van der Waals surface area (Å²) in [5.41, 5.74) is 0.524. The molecule has 1 aliphatic rings. The highest BCUT2D eigenvalue weighted by Crippen LogP contribution is 2.41. The molecule has 0 spiro atoms. The Morgan fingerprint density at radius 3 is 2.30 bits per heavy atom. The lowest BCUT2D eigenvalue weighted by atomic mass is 10.0. The van der Waals surface area contributed by atoms with Crippen molar-refractivity contribution in [2.75, 3.05) is 11.4 Å². The van der Waals surface area contributed by atoms with Crippen LogP contribution in [0.15, 0.2) is 71.6 Å². The summed E-state index contributed by atoms with van der Waals surface area (Å²) in [5.74, 6) is -0.922. The van der Waals surface area contributed by atoms with Gasteiger partial charge in [-0.25, -0.2) is 13.2 Å². The number of anilines is 1. The number of aliphatic carboxylic acids is 1. The highest BCUT2D eigenvalue weighted by Gasteiger charge is 2.43. The first kappa shape index (κ1) is 22.7. The number of benzene rings is 3. The second-order valence-electron chi connectivity index (χ2n) is 7.42. The zero-order valence-electron chi connectivity index (χ0n) is 17.2. The average Bonchev–Trinajstić information content (AvgIpc) is 3.20. The second kappa shape index (κ2) is 8.11. The zero-order chi connectivity index (χ0) is 24.0. The summed E-state index contributed by atoms with van der Waals surface area (Å²) < 4.78 is 72.0. The molecule has 0 bridgehead atoms. The van der Waals surface area contributed by atoms with E-state index in [2.05, 4.69) is 0 Å². The first-order chi connectivity index (χ1) is 15.5. The monoisotopic (exact) mass is 477 g/mol. The van der Waals surface area contributed by atoms with Crippen LogP contribution in [0.25, 0.3) is 11.1 Å². The van der Waals surface area contributed by atoms with Gasteiger partial charge in [0.25, 0.3) is 10.0 Å². The van der Waals surface area contributed by atoms with E-state index in [1.54, 1.807) is 12.1 Å². The van der Waals surface area contributed by atoms with Gasteiger partial charge in [0.15, 0.2) is 0 Å². The number of methoxy groups -OCH3 is 1. The van der Waals surface area contributed by atoms with Crippen molar-refractivity contribution in [2.24, 2.45) is 0 Å². The Balaban J connectivity index is 1.73. The van der Waals surface area contributed by atoms with Crippen LogP contribution in [0.5, 0.6) is 5.75 Å². The molecular formula is C23H18F3NO5S. The zero-order valence-corrected chi connectivity index (χ0v) is 18.0. The van der Waals surface area contributed by atoms with Crippen LogP contribution >= 0.6 is 0 Å². The first-order valence-electron chi connectivity index (χ1n) is 9.75. The lowest BCUT2D eigenvalue weighted by Crippen LogP contribution is -2.42. The van der Waals surface area contributed by atoms with Crippen LogP contribution in [-0.2, 0) is 27.4 Å². The van der Waals surface area contributed by atoms with E-state index in [9.17, 15) is 31.5 Å². The number of hydrogen-bond donors (Lipinski definition) is 1. The molecule has 33 heavy (non-hydrogen) atoms. The maximum absolute atomic E-state index is 13.4. The number of carboxylic acid groups (broad SMARTS) is 1. The summed E-state index contributed by atoms with van der Waals surface area (Å²) in [6.45, 7) is 0. The van der Waals surface area contributed by atoms with E-state index < -0.39 is 33.8 Å². The van der Waals surface area contributed by atoms with Crippen molar-refractivity contribution in [3.05, 3.63) is 77.9 Å². The predicted molar refractivity (Wildman–Crippen MR) is 115 cm³/mol. The number of hydrogen-bond acceptors (Lipinski definition) is 4. The summed E-state index contributed by atoms with van der Waals surface area (Å²) in [7, 11) is -2.87. The minimum Gasteiger partial charge on any atom is -0.496 e. The molecule has 0 radical (unpaired) electrons. The van der Waals surface area contributed by atoms with Crippen LogP contribution in [0.1, 0.15) is 11.1 Å². The SMILES string of the molecule is COc1cccc2c1CC(C(=O)O)N2S(=O)(=O)c1ccc(-c2cccc(C(F)(F)F)c2)cc1. The molecule has 0 aromatic heterocycles. The normalized spacial score (nSPS) is 15.9. The van der Waals surface area contributed by atoms with Crippen LogP contribution in [0.3, 0.4) is 0 Å². The van der Waals surface area contributed by atoms with Crippen molar-refractivity contribution < 1.29 is 36.2 Å². The molecule has 1 unspecified atom stereocenters. The van der Waals surface area contributed by atoms with Gasteiger partial charge in [-0.05, 0) is 47.5 Å². The van der Waals surface area contributed by atoms with Crippen LogP contribution in [0, 0.1) is 0 Å². The van der Waals surface area contributed by atoms with Gasteiger partial charge in [-0.1, -0.05) is 30.3 Å². The first-order valence-corrected chi connectivity index (χ1v) is 11.2. The third-order valence-corrected chi connectivity index (χ3v) is 7.30. The molecule has 0 saturated carbocycles. The van der Waals surface area contributed by atoms with Crippen LogP contribution in [-0.4, -0.2) is 32.6 Å². The molecule has 0 saturated heterocycles. The maximum Gasteiger partial charge on any atom is 0.416 e. The van der Waals surface area contributed by atoms with Crippen molar-refractivity contribution in [1.29, 1.82) is 0 Å². The fourth-order valence-electron chi connectivity index (χ4n) is 3.89. The van der Waals surface area contributed by atoms with Gasteiger partial charge >= 0.3 is 12.1 Å². The Bertz CT molecular complexity index is 1320. The second-order valence-corrected chi connectivity index (χ2v) is 9.23. The number of nitrogens with zero attached hydrogens (tertiary/aromatic N) is 1. The lowest BCUT2D eigenvalue weighted by Gasteiger charge is -2.24. The minimum atomic E-state index is -4.50. The fraction of sp³-hybridized carbons (Fsp3) is 0.174. The van der Waals surface area contributed by atoms with Crippen LogP contribution in [0.2, 0.25) is 0 Å². The summed E-state index contributed by atoms with van der Waals surface area (Å²) in [6.07, 6.45) is -4.56. The largest absolute Gasteiger partial charge is 0.496 e. The third kappa shape index (κ3) is 4.02. The predicted octanol–water partition coefficient (Wildman–Crippen LogP) is 4.59.